The molecule has 1 heterocycles. The van der Waals surface area contributed by atoms with Gasteiger partial charge in [-0.2, -0.15) is 0 Å². The molecule has 0 saturated carbocycles. The molecule has 6 heteroatoms. The van der Waals surface area contributed by atoms with Gasteiger partial charge in [-0.15, -0.1) is 0 Å². The molecule has 2 aromatic carbocycles. The highest BCUT2D eigenvalue weighted by Crippen LogP contribution is 2.23. The van der Waals surface area contributed by atoms with Crippen molar-refractivity contribution >= 4 is 21.8 Å². The van der Waals surface area contributed by atoms with E-state index in [0.717, 1.165) is 23.1 Å². The number of carbonyl (C=O) groups excluding carboxylic acids is 1. The highest BCUT2D eigenvalue weighted by Gasteiger charge is 2.20. The number of likely N-dealkylation sites (N-methyl/N-ethyl adjacent to an activating group) is 1. The number of aromatic nitrogens is 1. The van der Waals surface area contributed by atoms with E-state index in [9.17, 15) is 4.79 Å². The van der Waals surface area contributed by atoms with Crippen molar-refractivity contribution in [2.45, 2.75) is 19.9 Å². The summed E-state index contributed by atoms with van der Waals surface area (Å²) in [5.74, 6) is 0.334. The molecule has 0 spiro atoms. The third-order valence-corrected chi connectivity index (χ3v) is 5.29. The van der Waals surface area contributed by atoms with Gasteiger partial charge in [0.1, 0.15) is 0 Å². The second kappa shape index (κ2) is 9.66. The summed E-state index contributed by atoms with van der Waals surface area (Å²) in [5.41, 5.74) is 2.34. The topological polar surface area (TPSA) is 58.4 Å². The number of nitrogens with one attached hydrogen (secondary N) is 1. The normalized spacial score (nSPS) is 12.1. The summed E-state index contributed by atoms with van der Waals surface area (Å²) in [6.45, 7) is 6.57. The monoisotopic (exact) mass is 441 g/mol. The zero-order valence-corrected chi connectivity index (χ0v) is 17.6. The molecule has 146 valence electrons. The maximum atomic E-state index is 12.6. The molecule has 0 bridgehead atoms. The number of nitrogens with zero attached hydrogens (tertiary/aromatic N) is 2. The molecule has 28 heavy (non-hydrogen) atoms. The predicted molar refractivity (Wildman–Crippen MR) is 114 cm³/mol. The summed E-state index contributed by atoms with van der Waals surface area (Å²) in [5, 5.41) is 6.95. The number of halogens is 1. The van der Waals surface area contributed by atoms with Crippen molar-refractivity contribution in [3.63, 3.8) is 0 Å². The summed E-state index contributed by atoms with van der Waals surface area (Å²) >= 11 is 3.41. The van der Waals surface area contributed by atoms with E-state index >= 15 is 0 Å². The molecule has 0 unspecified atom stereocenters. The molecular formula is C22H24BrN3O2. The largest absolute Gasteiger partial charge is 0.355 e. The standard InChI is InChI=1S/C22H24BrN3O2/c1-3-26(4-2)20(16-8-6-5-7-9-16)15-24-22(27)19-14-21(28-25-19)17-10-12-18(23)13-11-17/h5-14,20H,3-4,15H2,1-2H3,(H,24,27)/t20-/m1/s1. The highest BCUT2D eigenvalue weighted by atomic mass is 79.9. The van der Waals surface area contributed by atoms with Gasteiger partial charge in [0, 0.05) is 22.6 Å². The Balaban J connectivity index is 1.70. The number of hydrogen-bond acceptors (Lipinski definition) is 4. The molecule has 5 nitrogen and oxygen atoms in total. The van der Waals surface area contributed by atoms with Crippen molar-refractivity contribution < 1.29 is 9.32 Å². The number of carbonyl (C=O) groups is 1. The fourth-order valence-corrected chi connectivity index (χ4v) is 3.47. The smallest absolute Gasteiger partial charge is 0.273 e. The fourth-order valence-electron chi connectivity index (χ4n) is 3.21. The van der Waals surface area contributed by atoms with Crippen LogP contribution in [-0.2, 0) is 0 Å². The molecule has 0 fully saturated rings. The lowest BCUT2D eigenvalue weighted by Gasteiger charge is -2.30. The Kier molecular flexibility index (Phi) is 7.01. The molecule has 0 aliphatic rings. The van der Waals surface area contributed by atoms with Gasteiger partial charge in [0.2, 0.25) is 0 Å². The van der Waals surface area contributed by atoms with Crippen LogP contribution in [0.2, 0.25) is 0 Å². The van der Waals surface area contributed by atoms with Gasteiger partial charge in [0.05, 0.1) is 6.04 Å². The first-order valence-electron chi connectivity index (χ1n) is 9.42. The van der Waals surface area contributed by atoms with Gasteiger partial charge in [-0.05, 0) is 30.8 Å². The molecule has 0 aliphatic carbocycles. The summed E-state index contributed by atoms with van der Waals surface area (Å²) < 4.78 is 6.34. The van der Waals surface area contributed by atoms with Crippen molar-refractivity contribution in [1.29, 1.82) is 0 Å². The Morgan fingerprint density at radius 3 is 2.43 bits per heavy atom. The summed E-state index contributed by atoms with van der Waals surface area (Å²) in [7, 11) is 0. The Labute approximate surface area is 173 Å². The van der Waals surface area contributed by atoms with Crippen LogP contribution in [0.1, 0.15) is 35.9 Å². The van der Waals surface area contributed by atoms with Crippen LogP contribution < -0.4 is 5.32 Å². The van der Waals surface area contributed by atoms with Gasteiger partial charge in [0.15, 0.2) is 11.5 Å². The third-order valence-electron chi connectivity index (χ3n) is 4.76. The summed E-state index contributed by atoms with van der Waals surface area (Å²) in [4.78, 5) is 14.9. The maximum Gasteiger partial charge on any atom is 0.273 e. The minimum Gasteiger partial charge on any atom is -0.355 e. The van der Waals surface area contributed by atoms with E-state index in [0.29, 0.717) is 12.3 Å². The minimum absolute atomic E-state index is 0.109. The Hall–Kier alpha value is -2.44. The summed E-state index contributed by atoms with van der Waals surface area (Å²) in [6, 6.07) is 19.7. The molecule has 1 amide bonds. The zero-order chi connectivity index (χ0) is 19.9. The lowest BCUT2D eigenvalue weighted by molar-refractivity contribution is 0.0926. The maximum absolute atomic E-state index is 12.6. The summed E-state index contributed by atoms with van der Waals surface area (Å²) in [6.07, 6.45) is 0. The van der Waals surface area contributed by atoms with Gasteiger partial charge >= 0.3 is 0 Å². The molecule has 1 N–H and O–H groups in total. The molecule has 1 aromatic heterocycles. The average Bonchev–Trinajstić information content (AvgIpc) is 3.22. The first kappa shape index (κ1) is 20.3. The predicted octanol–water partition coefficient (Wildman–Crippen LogP) is 4.92. The first-order chi connectivity index (χ1) is 13.6. The highest BCUT2D eigenvalue weighted by molar-refractivity contribution is 9.10. The Morgan fingerprint density at radius 2 is 1.79 bits per heavy atom. The van der Waals surface area contributed by atoms with Crippen LogP contribution in [0.3, 0.4) is 0 Å². The number of benzene rings is 2. The molecule has 0 aliphatic heterocycles. The first-order valence-corrected chi connectivity index (χ1v) is 10.2. The van der Waals surface area contributed by atoms with E-state index in [1.807, 2.05) is 42.5 Å². The fraction of sp³-hybridized carbons (Fsp3) is 0.273. The van der Waals surface area contributed by atoms with Crippen molar-refractivity contribution in [2.75, 3.05) is 19.6 Å². The molecule has 0 radical (unpaired) electrons. The number of amides is 1. The van der Waals surface area contributed by atoms with Crippen molar-refractivity contribution in [3.8, 4) is 11.3 Å². The number of hydrogen-bond donors (Lipinski definition) is 1. The molecular weight excluding hydrogens is 418 g/mol. The zero-order valence-electron chi connectivity index (χ0n) is 16.1. The van der Waals surface area contributed by atoms with Gasteiger partial charge in [-0.3, -0.25) is 9.69 Å². The minimum atomic E-state index is -0.236. The average molecular weight is 442 g/mol. The van der Waals surface area contributed by atoms with E-state index < -0.39 is 0 Å². The molecule has 0 saturated heterocycles. The van der Waals surface area contributed by atoms with Crippen LogP contribution in [0.4, 0.5) is 0 Å². The van der Waals surface area contributed by atoms with Crippen LogP contribution in [0.25, 0.3) is 11.3 Å². The van der Waals surface area contributed by atoms with Gasteiger partial charge in [0.25, 0.3) is 5.91 Å². The SMILES string of the molecule is CCN(CC)[C@H](CNC(=O)c1cc(-c2ccc(Br)cc2)on1)c1ccccc1. The van der Waals surface area contributed by atoms with E-state index in [1.54, 1.807) is 6.07 Å². The van der Waals surface area contributed by atoms with Crippen molar-refractivity contribution in [2.24, 2.45) is 0 Å². The third kappa shape index (κ3) is 4.88. The lowest BCUT2D eigenvalue weighted by Crippen LogP contribution is -2.38. The van der Waals surface area contributed by atoms with Crippen LogP contribution in [0.5, 0.6) is 0 Å². The number of rotatable bonds is 8. The molecule has 1 atom stereocenters. The van der Waals surface area contributed by atoms with Crippen LogP contribution >= 0.6 is 15.9 Å². The van der Waals surface area contributed by atoms with Gasteiger partial charge in [-0.25, -0.2) is 0 Å². The van der Waals surface area contributed by atoms with E-state index in [4.69, 9.17) is 4.52 Å². The Bertz CT molecular complexity index is 890. The quantitative estimate of drug-likeness (QED) is 0.538. The van der Waals surface area contributed by atoms with Gasteiger partial charge < -0.3 is 9.84 Å². The van der Waals surface area contributed by atoms with Gasteiger partial charge in [-0.1, -0.05) is 77.4 Å². The Morgan fingerprint density at radius 1 is 1.11 bits per heavy atom. The van der Waals surface area contributed by atoms with Crippen LogP contribution in [0, 0.1) is 0 Å². The second-order valence-electron chi connectivity index (χ2n) is 6.44. The van der Waals surface area contributed by atoms with Crippen molar-refractivity contribution in [1.82, 2.24) is 15.4 Å². The van der Waals surface area contributed by atoms with Crippen molar-refractivity contribution in [3.05, 3.63) is 76.4 Å². The second-order valence-corrected chi connectivity index (χ2v) is 7.36. The van der Waals surface area contributed by atoms with Crippen LogP contribution in [0.15, 0.2) is 69.7 Å². The van der Waals surface area contributed by atoms with E-state index in [1.165, 1.54) is 5.56 Å². The van der Waals surface area contributed by atoms with Crippen LogP contribution in [-0.4, -0.2) is 35.6 Å². The van der Waals surface area contributed by atoms with E-state index in [2.05, 4.69) is 57.3 Å². The molecule has 3 aromatic rings. The van der Waals surface area contributed by atoms with E-state index in [-0.39, 0.29) is 17.6 Å². The molecule has 3 rings (SSSR count). The lowest BCUT2D eigenvalue weighted by atomic mass is 10.0.